The molecule has 3 aromatic rings. The minimum atomic E-state index is -1.49. The van der Waals surface area contributed by atoms with Crippen LogP contribution in [0.25, 0.3) is 16.9 Å². The lowest BCUT2D eigenvalue weighted by atomic mass is 10.0. The monoisotopic (exact) mass is 558 g/mol. The number of aryl methyl sites for hydroxylation is 1. The quantitative estimate of drug-likeness (QED) is 0.436. The Labute approximate surface area is 230 Å². The number of carbonyl (C=O) groups is 2. The molecule has 3 heterocycles. The van der Waals surface area contributed by atoms with Crippen LogP contribution in [0.1, 0.15) is 62.2 Å². The molecule has 0 spiro atoms. The molecule has 0 unspecified atom stereocenters. The number of imidazole rings is 1. The topological polar surface area (TPSA) is 85.2 Å². The van der Waals surface area contributed by atoms with Crippen molar-refractivity contribution in [3.05, 3.63) is 58.7 Å². The molecule has 2 fully saturated rings. The fourth-order valence-electron chi connectivity index (χ4n) is 4.77. The fraction of sp³-hybridized carbons (Fsp3) is 0.483. The lowest BCUT2D eigenvalue weighted by Crippen LogP contribution is -2.48. The summed E-state index contributed by atoms with van der Waals surface area (Å²) in [6, 6.07) is 4.27. The predicted molar refractivity (Wildman–Crippen MR) is 142 cm³/mol. The van der Waals surface area contributed by atoms with Crippen molar-refractivity contribution < 1.29 is 32.2 Å². The first-order chi connectivity index (χ1) is 18.7. The highest BCUT2D eigenvalue weighted by atomic mass is 19.2. The average Bonchev–Trinajstić information content (AvgIpc) is 3.50. The SMILES string of the molecule is Cc1ccn2c(C[C@H]3CN(C(=O)OC(C)(C)C)CCO3)c(-c3c(F)cc(C(=O)NC4(C)CC4)c(F)c3F)nc2c1. The maximum Gasteiger partial charge on any atom is 0.410 e. The van der Waals surface area contributed by atoms with E-state index >= 15 is 13.2 Å². The smallest absolute Gasteiger partial charge is 0.410 e. The van der Waals surface area contributed by atoms with Crippen LogP contribution in [0.4, 0.5) is 18.0 Å². The molecule has 1 N–H and O–H groups in total. The number of aromatic nitrogens is 2. The number of nitrogens with zero attached hydrogens (tertiary/aromatic N) is 3. The Bertz CT molecular complexity index is 1490. The maximum atomic E-state index is 15.6. The zero-order chi connectivity index (χ0) is 29.0. The molecule has 1 saturated carbocycles. The number of carbonyl (C=O) groups excluding carboxylic acids is 2. The van der Waals surface area contributed by atoms with Crippen molar-refractivity contribution in [3.63, 3.8) is 0 Å². The van der Waals surface area contributed by atoms with Gasteiger partial charge in [-0.15, -0.1) is 0 Å². The minimum Gasteiger partial charge on any atom is -0.444 e. The highest BCUT2D eigenvalue weighted by Gasteiger charge is 2.40. The lowest BCUT2D eigenvalue weighted by Gasteiger charge is -2.34. The van der Waals surface area contributed by atoms with Crippen LogP contribution in [-0.2, 0) is 15.9 Å². The third-order valence-corrected chi connectivity index (χ3v) is 7.15. The van der Waals surface area contributed by atoms with E-state index in [1.165, 1.54) is 4.90 Å². The summed E-state index contributed by atoms with van der Waals surface area (Å²) in [6.07, 6.45) is 2.24. The maximum absolute atomic E-state index is 15.6. The fourth-order valence-corrected chi connectivity index (χ4v) is 4.77. The van der Waals surface area contributed by atoms with Gasteiger partial charge in [-0.2, -0.15) is 0 Å². The number of amides is 2. The van der Waals surface area contributed by atoms with Gasteiger partial charge in [0, 0.05) is 24.7 Å². The molecule has 1 saturated heterocycles. The highest BCUT2D eigenvalue weighted by molar-refractivity contribution is 5.96. The van der Waals surface area contributed by atoms with E-state index < -0.39 is 57.8 Å². The zero-order valence-corrected chi connectivity index (χ0v) is 23.2. The molecule has 1 aliphatic carbocycles. The van der Waals surface area contributed by atoms with Crippen LogP contribution in [0, 0.1) is 24.4 Å². The molecular formula is C29H33F3N4O4. The van der Waals surface area contributed by atoms with E-state index in [1.807, 2.05) is 13.0 Å². The van der Waals surface area contributed by atoms with Gasteiger partial charge in [0.1, 0.15) is 17.1 Å². The van der Waals surface area contributed by atoms with Crippen molar-refractivity contribution in [2.75, 3.05) is 19.7 Å². The van der Waals surface area contributed by atoms with Gasteiger partial charge in [-0.1, -0.05) is 0 Å². The summed E-state index contributed by atoms with van der Waals surface area (Å²) in [7, 11) is 0. The molecule has 2 aromatic heterocycles. The summed E-state index contributed by atoms with van der Waals surface area (Å²) >= 11 is 0. The number of pyridine rings is 1. The highest BCUT2D eigenvalue weighted by Crippen LogP contribution is 2.36. The third kappa shape index (κ3) is 5.65. The Morgan fingerprint density at radius 2 is 1.93 bits per heavy atom. The Morgan fingerprint density at radius 3 is 2.60 bits per heavy atom. The second-order valence-corrected chi connectivity index (χ2v) is 11.9. The standard InChI is InChI=1S/C29H33F3N4O4/c1-16-6-9-36-20(13-17-15-35(10-11-39-17)27(38)40-28(2,3)4)25(33-21(36)12-16)22-19(30)14-18(23(31)24(22)32)26(37)34-29(5)7-8-29/h6,9,12,14,17H,7-8,10-11,13,15H2,1-5H3,(H,34,37)/t17-/m0/s1. The van der Waals surface area contributed by atoms with Gasteiger partial charge in [-0.05, 0) is 71.2 Å². The van der Waals surface area contributed by atoms with Gasteiger partial charge in [0.05, 0.1) is 41.8 Å². The van der Waals surface area contributed by atoms with Gasteiger partial charge in [0.2, 0.25) is 0 Å². The van der Waals surface area contributed by atoms with Gasteiger partial charge >= 0.3 is 6.09 Å². The number of rotatable bonds is 5. The van der Waals surface area contributed by atoms with Crippen LogP contribution in [0.2, 0.25) is 0 Å². The van der Waals surface area contributed by atoms with Crippen molar-refractivity contribution in [2.24, 2.45) is 0 Å². The van der Waals surface area contributed by atoms with Crippen LogP contribution in [-0.4, -0.2) is 63.2 Å². The van der Waals surface area contributed by atoms with E-state index in [-0.39, 0.29) is 25.3 Å². The number of hydrogen-bond acceptors (Lipinski definition) is 5. The molecule has 1 aromatic carbocycles. The Hall–Kier alpha value is -3.60. The molecule has 214 valence electrons. The molecule has 2 aliphatic rings. The van der Waals surface area contributed by atoms with E-state index in [2.05, 4.69) is 10.3 Å². The van der Waals surface area contributed by atoms with Crippen LogP contribution < -0.4 is 5.32 Å². The summed E-state index contributed by atoms with van der Waals surface area (Å²) in [6.45, 7) is 9.73. The number of benzene rings is 1. The summed E-state index contributed by atoms with van der Waals surface area (Å²) < 4.78 is 59.4. The van der Waals surface area contributed by atoms with E-state index in [0.717, 1.165) is 11.6 Å². The van der Waals surface area contributed by atoms with Crippen LogP contribution >= 0.6 is 0 Å². The predicted octanol–water partition coefficient (Wildman–Crippen LogP) is 5.19. The molecule has 1 aliphatic heterocycles. The molecule has 2 amide bonds. The van der Waals surface area contributed by atoms with Crippen molar-refractivity contribution in [3.8, 4) is 11.3 Å². The summed E-state index contributed by atoms with van der Waals surface area (Å²) in [5.41, 5.74) is -0.963. The van der Waals surface area contributed by atoms with Crippen molar-refractivity contribution in [1.29, 1.82) is 0 Å². The van der Waals surface area contributed by atoms with Gasteiger partial charge in [0.15, 0.2) is 11.6 Å². The molecule has 1 atom stereocenters. The molecule has 0 radical (unpaired) electrons. The first-order valence-corrected chi connectivity index (χ1v) is 13.3. The van der Waals surface area contributed by atoms with E-state index in [9.17, 15) is 9.59 Å². The van der Waals surface area contributed by atoms with Gasteiger partial charge < -0.3 is 24.1 Å². The molecule has 11 heteroatoms. The van der Waals surface area contributed by atoms with Crippen LogP contribution in [0.5, 0.6) is 0 Å². The van der Waals surface area contributed by atoms with Crippen molar-refractivity contribution in [1.82, 2.24) is 19.6 Å². The number of hydrogen-bond donors (Lipinski definition) is 1. The number of halogens is 3. The molecule has 40 heavy (non-hydrogen) atoms. The number of nitrogens with one attached hydrogen (secondary N) is 1. The first-order valence-electron chi connectivity index (χ1n) is 13.3. The Morgan fingerprint density at radius 1 is 1.20 bits per heavy atom. The number of ether oxygens (including phenoxy) is 2. The normalized spacial score (nSPS) is 18.6. The minimum absolute atomic E-state index is 0.0985. The third-order valence-electron chi connectivity index (χ3n) is 7.15. The second-order valence-electron chi connectivity index (χ2n) is 11.9. The molecular weight excluding hydrogens is 525 g/mol. The van der Waals surface area contributed by atoms with E-state index in [4.69, 9.17) is 9.47 Å². The van der Waals surface area contributed by atoms with Gasteiger partial charge in [0.25, 0.3) is 5.91 Å². The summed E-state index contributed by atoms with van der Waals surface area (Å²) in [5.74, 6) is -4.91. The first kappa shape index (κ1) is 27.9. The molecule has 5 rings (SSSR count). The van der Waals surface area contributed by atoms with Crippen molar-refractivity contribution in [2.45, 2.75) is 71.1 Å². The zero-order valence-electron chi connectivity index (χ0n) is 23.2. The van der Waals surface area contributed by atoms with E-state index in [0.29, 0.717) is 30.7 Å². The van der Waals surface area contributed by atoms with Crippen LogP contribution in [0.15, 0.2) is 24.4 Å². The molecule has 8 nitrogen and oxygen atoms in total. The average molecular weight is 559 g/mol. The summed E-state index contributed by atoms with van der Waals surface area (Å²) in [4.78, 5) is 31.3. The number of fused-ring (bicyclic) bond motifs is 1. The number of morpholine rings is 1. The largest absolute Gasteiger partial charge is 0.444 e. The molecule has 0 bridgehead atoms. The second kappa shape index (κ2) is 10.1. The van der Waals surface area contributed by atoms with Gasteiger partial charge in [-0.25, -0.2) is 22.9 Å². The van der Waals surface area contributed by atoms with Crippen molar-refractivity contribution >= 4 is 17.6 Å². The summed E-state index contributed by atoms with van der Waals surface area (Å²) in [5, 5.41) is 2.63. The van der Waals surface area contributed by atoms with Gasteiger partial charge in [-0.3, -0.25) is 4.79 Å². The van der Waals surface area contributed by atoms with Crippen LogP contribution in [0.3, 0.4) is 0 Å². The van der Waals surface area contributed by atoms with E-state index in [1.54, 1.807) is 44.4 Å². The lowest BCUT2D eigenvalue weighted by molar-refractivity contribution is -0.0418. The Balaban J connectivity index is 1.51. The Kier molecular flexibility index (Phi) is 7.06.